The van der Waals surface area contributed by atoms with E-state index >= 15 is 0 Å². The number of nitrogens with one attached hydrogen (secondary N) is 2. The van der Waals surface area contributed by atoms with Crippen LogP contribution in [0.15, 0.2) is 11.6 Å². The van der Waals surface area contributed by atoms with Crippen LogP contribution in [0.25, 0.3) is 0 Å². The number of aromatic amines is 1. The van der Waals surface area contributed by atoms with Gasteiger partial charge in [-0.3, -0.25) is 5.10 Å². The van der Waals surface area contributed by atoms with Gasteiger partial charge in [-0.2, -0.15) is 5.10 Å². The van der Waals surface area contributed by atoms with Crippen LogP contribution < -0.4 is 5.32 Å². The van der Waals surface area contributed by atoms with Crippen LogP contribution >= 0.6 is 11.3 Å². The number of rotatable bonds is 4. The summed E-state index contributed by atoms with van der Waals surface area (Å²) in [5.74, 6) is 0.930. The second-order valence-corrected chi connectivity index (χ2v) is 4.69. The first-order valence-electron chi connectivity index (χ1n) is 5.42. The largest absolute Gasteiger partial charge is 0.359 e. The Morgan fingerprint density at radius 2 is 2.38 bits per heavy atom. The lowest BCUT2D eigenvalue weighted by molar-refractivity contribution is 0.855. The quantitative estimate of drug-likeness (QED) is 0.858. The molecule has 2 rings (SSSR count). The zero-order valence-electron chi connectivity index (χ0n) is 9.74. The minimum atomic E-state index is 0.201. The number of H-pyrrole nitrogens is 1. The van der Waals surface area contributed by atoms with Gasteiger partial charge in [-0.15, -0.1) is 11.3 Å². The van der Waals surface area contributed by atoms with Crippen molar-refractivity contribution in [2.45, 2.75) is 33.2 Å². The Hall–Kier alpha value is -1.36. The van der Waals surface area contributed by atoms with E-state index in [-0.39, 0.29) is 6.04 Å². The molecule has 5 heteroatoms. The summed E-state index contributed by atoms with van der Waals surface area (Å²) in [6, 6.07) is 0.201. The number of aryl methyl sites for hydroxylation is 1. The maximum atomic E-state index is 4.29. The van der Waals surface area contributed by atoms with Crippen LogP contribution in [0.4, 0.5) is 5.82 Å². The van der Waals surface area contributed by atoms with Crippen molar-refractivity contribution in [1.29, 1.82) is 0 Å². The number of anilines is 1. The third kappa shape index (κ3) is 2.09. The molecule has 2 aromatic rings. The molecule has 0 saturated carbocycles. The van der Waals surface area contributed by atoms with Gasteiger partial charge < -0.3 is 5.32 Å². The number of hydrogen-bond acceptors (Lipinski definition) is 4. The minimum Gasteiger partial charge on any atom is -0.359 e. The van der Waals surface area contributed by atoms with Gasteiger partial charge in [-0.25, -0.2) is 4.98 Å². The molecule has 4 nitrogen and oxygen atoms in total. The first-order chi connectivity index (χ1) is 7.72. The standard InChI is InChI=1S/C11H16N4S/c1-4-9-7(2)10(15-14-9)13-8(3)11-12-5-6-16-11/h5-6,8H,4H2,1-3H3,(H2,13,14,15). The molecule has 0 aliphatic carbocycles. The van der Waals surface area contributed by atoms with E-state index in [0.29, 0.717) is 0 Å². The fourth-order valence-electron chi connectivity index (χ4n) is 1.63. The predicted molar refractivity (Wildman–Crippen MR) is 66.9 cm³/mol. The fourth-order valence-corrected chi connectivity index (χ4v) is 2.28. The Morgan fingerprint density at radius 3 is 2.94 bits per heavy atom. The molecule has 0 aliphatic heterocycles. The Labute approximate surface area is 99.1 Å². The van der Waals surface area contributed by atoms with E-state index < -0.39 is 0 Å². The summed E-state index contributed by atoms with van der Waals surface area (Å²) in [5.41, 5.74) is 2.39. The Balaban J connectivity index is 2.12. The molecule has 16 heavy (non-hydrogen) atoms. The monoisotopic (exact) mass is 236 g/mol. The van der Waals surface area contributed by atoms with Crippen molar-refractivity contribution in [3.63, 3.8) is 0 Å². The smallest absolute Gasteiger partial charge is 0.151 e. The van der Waals surface area contributed by atoms with Crippen LogP contribution in [-0.2, 0) is 6.42 Å². The molecule has 86 valence electrons. The topological polar surface area (TPSA) is 53.6 Å². The molecule has 0 aliphatic rings. The summed E-state index contributed by atoms with van der Waals surface area (Å²) in [5, 5.41) is 13.8. The van der Waals surface area contributed by atoms with Crippen molar-refractivity contribution in [2.75, 3.05) is 5.32 Å². The molecule has 2 N–H and O–H groups in total. The number of aromatic nitrogens is 3. The number of nitrogens with zero attached hydrogens (tertiary/aromatic N) is 2. The van der Waals surface area contributed by atoms with Gasteiger partial charge in [0, 0.05) is 22.8 Å². The van der Waals surface area contributed by atoms with Crippen LogP contribution in [0.3, 0.4) is 0 Å². The maximum absolute atomic E-state index is 4.29. The highest BCUT2D eigenvalue weighted by molar-refractivity contribution is 7.09. The molecule has 0 radical (unpaired) electrons. The lowest BCUT2D eigenvalue weighted by atomic mass is 10.2. The van der Waals surface area contributed by atoms with E-state index in [2.05, 4.69) is 41.3 Å². The normalized spacial score (nSPS) is 12.7. The third-order valence-corrected chi connectivity index (χ3v) is 3.60. The summed E-state index contributed by atoms with van der Waals surface area (Å²) >= 11 is 1.66. The summed E-state index contributed by atoms with van der Waals surface area (Å²) in [6.07, 6.45) is 2.80. The second-order valence-electron chi connectivity index (χ2n) is 3.77. The lowest BCUT2D eigenvalue weighted by Gasteiger charge is -2.10. The average Bonchev–Trinajstić information content (AvgIpc) is 2.89. The Bertz CT molecular complexity index is 447. The van der Waals surface area contributed by atoms with Crippen molar-refractivity contribution >= 4 is 17.2 Å². The molecule has 1 atom stereocenters. The van der Waals surface area contributed by atoms with Crippen molar-refractivity contribution < 1.29 is 0 Å². The molecule has 0 bridgehead atoms. The first-order valence-corrected chi connectivity index (χ1v) is 6.30. The van der Waals surface area contributed by atoms with Gasteiger partial charge in [-0.05, 0) is 20.3 Å². The lowest BCUT2D eigenvalue weighted by Crippen LogP contribution is -2.07. The number of hydrogen-bond donors (Lipinski definition) is 2. The van der Waals surface area contributed by atoms with Gasteiger partial charge in [0.05, 0.1) is 6.04 Å². The van der Waals surface area contributed by atoms with Crippen molar-refractivity contribution in [2.24, 2.45) is 0 Å². The molecular weight excluding hydrogens is 220 g/mol. The van der Waals surface area contributed by atoms with Crippen LogP contribution in [0, 0.1) is 6.92 Å². The highest BCUT2D eigenvalue weighted by atomic mass is 32.1. The predicted octanol–water partition coefficient (Wildman–Crippen LogP) is 2.91. The van der Waals surface area contributed by atoms with Crippen molar-refractivity contribution in [3.05, 3.63) is 27.8 Å². The van der Waals surface area contributed by atoms with E-state index in [9.17, 15) is 0 Å². The summed E-state index contributed by atoms with van der Waals surface area (Å²) in [6.45, 7) is 6.30. The molecular formula is C11H16N4S. The van der Waals surface area contributed by atoms with Crippen LogP contribution in [-0.4, -0.2) is 15.2 Å². The molecule has 0 spiro atoms. The number of thiazole rings is 1. The highest BCUT2D eigenvalue weighted by Gasteiger charge is 2.12. The zero-order valence-corrected chi connectivity index (χ0v) is 10.6. The van der Waals surface area contributed by atoms with Gasteiger partial charge in [0.1, 0.15) is 5.01 Å². The minimum absolute atomic E-state index is 0.201. The molecule has 1 unspecified atom stereocenters. The molecule has 0 fully saturated rings. The van der Waals surface area contributed by atoms with Crippen LogP contribution in [0.2, 0.25) is 0 Å². The Morgan fingerprint density at radius 1 is 1.56 bits per heavy atom. The van der Waals surface area contributed by atoms with Crippen LogP contribution in [0.5, 0.6) is 0 Å². The third-order valence-electron chi connectivity index (χ3n) is 2.64. The molecule has 0 amide bonds. The van der Waals surface area contributed by atoms with Gasteiger partial charge in [0.15, 0.2) is 5.82 Å². The van der Waals surface area contributed by atoms with E-state index in [1.165, 1.54) is 11.3 Å². The Kier molecular flexibility index (Phi) is 3.24. The summed E-state index contributed by atoms with van der Waals surface area (Å²) in [7, 11) is 0. The second kappa shape index (κ2) is 4.65. The van der Waals surface area contributed by atoms with Gasteiger partial charge in [0.25, 0.3) is 0 Å². The summed E-state index contributed by atoms with van der Waals surface area (Å²) < 4.78 is 0. The fraction of sp³-hybridized carbons (Fsp3) is 0.455. The average molecular weight is 236 g/mol. The molecule has 2 aromatic heterocycles. The molecule has 0 aromatic carbocycles. The van der Waals surface area contributed by atoms with Gasteiger partial charge in [0.2, 0.25) is 0 Å². The first kappa shape index (κ1) is 11.1. The summed E-state index contributed by atoms with van der Waals surface area (Å²) in [4.78, 5) is 4.29. The van der Waals surface area contributed by atoms with E-state index in [0.717, 1.165) is 17.2 Å². The van der Waals surface area contributed by atoms with Crippen molar-refractivity contribution in [1.82, 2.24) is 15.2 Å². The van der Waals surface area contributed by atoms with Crippen molar-refractivity contribution in [3.8, 4) is 0 Å². The van der Waals surface area contributed by atoms with Gasteiger partial charge >= 0.3 is 0 Å². The zero-order chi connectivity index (χ0) is 11.5. The maximum Gasteiger partial charge on any atom is 0.151 e. The van der Waals surface area contributed by atoms with E-state index in [4.69, 9.17) is 0 Å². The SMILES string of the molecule is CCc1[nH]nc(NC(C)c2nccs2)c1C. The molecule has 0 saturated heterocycles. The van der Waals surface area contributed by atoms with Gasteiger partial charge in [-0.1, -0.05) is 6.92 Å². The van der Waals surface area contributed by atoms with Crippen LogP contribution in [0.1, 0.15) is 36.2 Å². The highest BCUT2D eigenvalue weighted by Crippen LogP contribution is 2.23. The molecule has 2 heterocycles. The van der Waals surface area contributed by atoms with E-state index in [1.54, 1.807) is 11.3 Å². The van der Waals surface area contributed by atoms with E-state index in [1.807, 2.05) is 11.6 Å².